The molecule has 2 aliphatic rings. The summed E-state index contributed by atoms with van der Waals surface area (Å²) in [6.07, 6.45) is 1.67. The third-order valence-corrected chi connectivity index (χ3v) is 6.79. The lowest BCUT2D eigenvalue weighted by atomic mass is 10.0. The number of likely N-dealkylation sites (tertiary alicyclic amines) is 1. The molecule has 7 heteroatoms. The summed E-state index contributed by atoms with van der Waals surface area (Å²) < 4.78 is 0.972. The lowest BCUT2D eigenvalue weighted by Gasteiger charge is -2.44. The van der Waals surface area contributed by atoms with Crippen LogP contribution in [0, 0.1) is 0 Å². The Hall–Kier alpha value is -1.21. The topological polar surface area (TPSA) is 43.9 Å². The van der Waals surface area contributed by atoms with Crippen LogP contribution in [0.5, 0.6) is 0 Å². The van der Waals surface area contributed by atoms with E-state index in [1.807, 2.05) is 45.8 Å². The molecule has 2 aliphatic heterocycles. The molecular formula is C17H22BrN3O2S. The molecule has 3 amide bonds. The number of hydrogen-bond acceptors (Lipinski definition) is 3. The minimum atomic E-state index is -0.159. The number of urea groups is 1. The predicted molar refractivity (Wildman–Crippen MR) is 100 cm³/mol. The fraction of sp³-hybridized carbons (Fsp3) is 0.529. The van der Waals surface area contributed by atoms with Gasteiger partial charge in [0.05, 0.1) is 4.87 Å². The summed E-state index contributed by atoms with van der Waals surface area (Å²) in [6, 6.07) is 7.60. The Morgan fingerprint density at radius 1 is 1.12 bits per heavy atom. The van der Waals surface area contributed by atoms with Crippen LogP contribution in [0.2, 0.25) is 0 Å². The first kappa shape index (κ1) is 17.6. The van der Waals surface area contributed by atoms with Gasteiger partial charge in [-0.3, -0.25) is 4.79 Å². The van der Waals surface area contributed by atoms with Crippen LogP contribution >= 0.6 is 27.7 Å². The smallest absolute Gasteiger partial charge is 0.319 e. The molecule has 130 valence electrons. The zero-order chi connectivity index (χ0) is 17.3. The summed E-state index contributed by atoms with van der Waals surface area (Å²) in [7, 11) is 3.56. The molecule has 24 heavy (non-hydrogen) atoms. The fourth-order valence-corrected chi connectivity index (χ4v) is 5.11. The number of carbonyl (C=O) groups is 2. The quantitative estimate of drug-likeness (QED) is 0.712. The van der Waals surface area contributed by atoms with Crippen molar-refractivity contribution in [1.82, 2.24) is 14.7 Å². The lowest BCUT2D eigenvalue weighted by Crippen LogP contribution is -2.54. The van der Waals surface area contributed by atoms with E-state index in [1.54, 1.807) is 19.0 Å². The van der Waals surface area contributed by atoms with Gasteiger partial charge in [0.1, 0.15) is 0 Å². The van der Waals surface area contributed by atoms with E-state index in [1.165, 1.54) is 0 Å². The van der Waals surface area contributed by atoms with Crippen molar-refractivity contribution in [3.63, 3.8) is 0 Å². The van der Waals surface area contributed by atoms with Crippen LogP contribution in [0.25, 0.3) is 0 Å². The van der Waals surface area contributed by atoms with E-state index in [-0.39, 0.29) is 16.8 Å². The van der Waals surface area contributed by atoms with E-state index in [2.05, 4.69) is 15.9 Å². The van der Waals surface area contributed by atoms with Crippen molar-refractivity contribution >= 4 is 39.6 Å². The average Bonchev–Trinajstić information content (AvgIpc) is 2.98. The van der Waals surface area contributed by atoms with Gasteiger partial charge in [0.15, 0.2) is 0 Å². The highest BCUT2D eigenvalue weighted by atomic mass is 79.9. The van der Waals surface area contributed by atoms with E-state index < -0.39 is 0 Å². The van der Waals surface area contributed by atoms with Crippen molar-refractivity contribution in [1.29, 1.82) is 0 Å². The largest absolute Gasteiger partial charge is 0.331 e. The Kier molecular flexibility index (Phi) is 5.11. The Balaban J connectivity index is 1.73. The van der Waals surface area contributed by atoms with Crippen molar-refractivity contribution < 1.29 is 9.59 Å². The highest BCUT2D eigenvalue weighted by Gasteiger charge is 2.47. The molecule has 2 saturated heterocycles. The summed E-state index contributed by atoms with van der Waals surface area (Å²) in [4.78, 5) is 30.5. The molecular weight excluding hydrogens is 390 g/mol. The highest BCUT2D eigenvalue weighted by molar-refractivity contribution is 9.10. The van der Waals surface area contributed by atoms with Crippen molar-refractivity contribution in [2.75, 3.05) is 39.5 Å². The van der Waals surface area contributed by atoms with Gasteiger partial charge in [-0.25, -0.2) is 4.79 Å². The van der Waals surface area contributed by atoms with Crippen molar-refractivity contribution in [2.45, 2.75) is 17.7 Å². The molecule has 0 bridgehead atoms. The standard InChI is InChI=1S/C17H22BrN3O2S/c1-19(2)16(23)20-9-7-17(8-10-20)21(11-12-24-17)15(22)13-3-5-14(18)6-4-13/h3-6H,7-12H2,1-2H3. The lowest BCUT2D eigenvalue weighted by molar-refractivity contribution is 0.0569. The summed E-state index contributed by atoms with van der Waals surface area (Å²) in [5, 5.41) is 0. The molecule has 1 spiro atoms. The number of carbonyl (C=O) groups excluding carboxylic acids is 2. The van der Waals surface area contributed by atoms with Crippen LogP contribution in [0.15, 0.2) is 28.7 Å². The minimum Gasteiger partial charge on any atom is -0.331 e. The number of benzene rings is 1. The average molecular weight is 412 g/mol. The Labute approximate surface area is 155 Å². The molecule has 2 fully saturated rings. The summed E-state index contributed by atoms with van der Waals surface area (Å²) in [5.41, 5.74) is 0.729. The molecule has 2 heterocycles. The van der Waals surface area contributed by atoms with Crippen LogP contribution in [-0.2, 0) is 0 Å². The number of rotatable bonds is 1. The predicted octanol–water partition coefficient (Wildman–Crippen LogP) is 3.11. The molecule has 3 rings (SSSR count). The molecule has 0 radical (unpaired) electrons. The van der Waals surface area contributed by atoms with Crippen LogP contribution < -0.4 is 0 Å². The molecule has 1 aromatic rings. The molecule has 0 unspecified atom stereocenters. The summed E-state index contributed by atoms with van der Waals surface area (Å²) >= 11 is 5.28. The van der Waals surface area contributed by atoms with Gasteiger partial charge in [-0.15, -0.1) is 11.8 Å². The van der Waals surface area contributed by atoms with E-state index in [0.717, 1.165) is 35.2 Å². The molecule has 5 nitrogen and oxygen atoms in total. The molecule has 1 aromatic carbocycles. The number of halogens is 1. The maximum Gasteiger partial charge on any atom is 0.319 e. The third kappa shape index (κ3) is 3.28. The molecule has 0 aromatic heterocycles. The maximum atomic E-state index is 13.0. The van der Waals surface area contributed by atoms with Crippen LogP contribution in [0.1, 0.15) is 23.2 Å². The number of piperidine rings is 1. The number of thioether (sulfide) groups is 1. The van der Waals surface area contributed by atoms with Crippen LogP contribution in [0.4, 0.5) is 4.79 Å². The van der Waals surface area contributed by atoms with Crippen LogP contribution in [-0.4, -0.2) is 71.0 Å². The first-order valence-electron chi connectivity index (χ1n) is 8.11. The SMILES string of the molecule is CN(C)C(=O)N1CCC2(CC1)SCCN2C(=O)c1ccc(Br)cc1. The molecule has 0 aliphatic carbocycles. The fourth-order valence-electron chi connectivity index (χ4n) is 3.39. The van der Waals surface area contributed by atoms with Gasteiger partial charge in [-0.1, -0.05) is 15.9 Å². The van der Waals surface area contributed by atoms with E-state index in [4.69, 9.17) is 0 Å². The number of nitrogens with zero attached hydrogens (tertiary/aromatic N) is 3. The Morgan fingerprint density at radius 3 is 2.33 bits per heavy atom. The Bertz CT molecular complexity index is 627. The van der Waals surface area contributed by atoms with E-state index in [0.29, 0.717) is 13.1 Å². The molecule has 0 N–H and O–H groups in total. The Morgan fingerprint density at radius 2 is 1.75 bits per heavy atom. The number of hydrogen-bond donors (Lipinski definition) is 0. The van der Waals surface area contributed by atoms with Gasteiger partial charge in [-0.05, 0) is 37.1 Å². The van der Waals surface area contributed by atoms with Crippen molar-refractivity contribution in [3.8, 4) is 0 Å². The zero-order valence-corrected chi connectivity index (χ0v) is 16.4. The summed E-state index contributed by atoms with van der Waals surface area (Å²) in [6.45, 7) is 2.18. The molecule has 0 atom stereocenters. The normalized spacial score (nSPS) is 19.6. The zero-order valence-electron chi connectivity index (χ0n) is 14.0. The van der Waals surface area contributed by atoms with Crippen molar-refractivity contribution in [2.24, 2.45) is 0 Å². The van der Waals surface area contributed by atoms with E-state index in [9.17, 15) is 9.59 Å². The molecule has 0 saturated carbocycles. The highest BCUT2D eigenvalue weighted by Crippen LogP contribution is 2.44. The summed E-state index contributed by atoms with van der Waals surface area (Å²) in [5.74, 6) is 1.06. The first-order chi connectivity index (χ1) is 11.4. The van der Waals surface area contributed by atoms with Gasteiger partial charge in [0.2, 0.25) is 0 Å². The van der Waals surface area contributed by atoms with Gasteiger partial charge in [0, 0.05) is 49.5 Å². The van der Waals surface area contributed by atoms with Gasteiger partial charge >= 0.3 is 6.03 Å². The number of amides is 3. The monoisotopic (exact) mass is 411 g/mol. The second kappa shape index (κ2) is 6.96. The third-order valence-electron chi connectivity index (χ3n) is 4.71. The van der Waals surface area contributed by atoms with Gasteiger partial charge in [0.25, 0.3) is 5.91 Å². The maximum absolute atomic E-state index is 13.0. The van der Waals surface area contributed by atoms with E-state index >= 15 is 0 Å². The van der Waals surface area contributed by atoms with Crippen LogP contribution in [0.3, 0.4) is 0 Å². The first-order valence-corrected chi connectivity index (χ1v) is 9.88. The van der Waals surface area contributed by atoms with Crippen molar-refractivity contribution in [3.05, 3.63) is 34.3 Å². The second-order valence-corrected chi connectivity index (χ2v) is 8.79. The van der Waals surface area contributed by atoms with Gasteiger partial charge in [-0.2, -0.15) is 0 Å². The second-order valence-electron chi connectivity index (χ2n) is 6.42. The minimum absolute atomic E-state index is 0.0543. The van der Waals surface area contributed by atoms with Gasteiger partial charge < -0.3 is 14.7 Å².